The zero-order valence-corrected chi connectivity index (χ0v) is 11.3. The van der Waals surface area contributed by atoms with Gasteiger partial charge < -0.3 is 5.32 Å². The summed E-state index contributed by atoms with van der Waals surface area (Å²) in [6.07, 6.45) is 0.931. The summed E-state index contributed by atoms with van der Waals surface area (Å²) in [5, 5.41) is 2.69. The first-order valence-corrected chi connectivity index (χ1v) is 7.45. The van der Waals surface area contributed by atoms with Crippen molar-refractivity contribution in [3.05, 3.63) is 34.7 Å². The lowest BCUT2D eigenvalue weighted by molar-refractivity contribution is -0.115. The van der Waals surface area contributed by atoms with Gasteiger partial charge in [-0.2, -0.15) is 0 Å². The topological polar surface area (TPSA) is 29.1 Å². The molecule has 1 saturated heterocycles. The van der Waals surface area contributed by atoms with Gasteiger partial charge in [0.15, 0.2) is 0 Å². The van der Waals surface area contributed by atoms with Crippen LogP contribution in [0, 0.1) is 0 Å². The third-order valence-corrected chi connectivity index (χ3v) is 5.06. The number of thiocarbonyl (C=S) groups is 1. The number of thioether (sulfide) groups is 2. The van der Waals surface area contributed by atoms with E-state index in [1.807, 2.05) is 23.9 Å². The highest BCUT2D eigenvalue weighted by Gasteiger charge is 2.28. The molecule has 5 heteroatoms. The minimum Gasteiger partial charge on any atom is -0.307 e. The van der Waals surface area contributed by atoms with Gasteiger partial charge in [0.25, 0.3) is 5.91 Å². The lowest BCUT2D eigenvalue weighted by Gasteiger charge is -2.19. The zero-order valence-electron chi connectivity index (χ0n) is 8.86. The van der Waals surface area contributed by atoms with Gasteiger partial charge in [0.1, 0.15) is 4.32 Å². The first-order chi connectivity index (χ1) is 8.25. The molecule has 0 spiro atoms. The summed E-state index contributed by atoms with van der Waals surface area (Å²) in [5.74, 6) is 0.980. The maximum atomic E-state index is 11.8. The molecule has 2 heterocycles. The fourth-order valence-electron chi connectivity index (χ4n) is 1.99. The molecule has 1 amide bonds. The number of carbonyl (C=O) groups is 1. The highest BCUT2D eigenvalue weighted by atomic mass is 32.2. The fraction of sp³-hybridized carbons (Fsp3) is 0.167. The predicted molar refractivity (Wildman–Crippen MR) is 77.0 cm³/mol. The quantitative estimate of drug-likeness (QED) is 0.584. The van der Waals surface area contributed by atoms with E-state index in [1.54, 1.807) is 0 Å². The van der Waals surface area contributed by atoms with Crippen LogP contribution in [0.1, 0.15) is 12.0 Å². The molecule has 1 aromatic rings. The van der Waals surface area contributed by atoms with Gasteiger partial charge in [0.2, 0.25) is 0 Å². The van der Waals surface area contributed by atoms with E-state index in [-0.39, 0.29) is 5.91 Å². The summed E-state index contributed by atoms with van der Waals surface area (Å²) < 4.78 is 0.563. The zero-order chi connectivity index (χ0) is 11.8. The van der Waals surface area contributed by atoms with Crippen LogP contribution in [-0.2, 0) is 4.79 Å². The molecule has 0 unspecified atom stereocenters. The van der Waals surface area contributed by atoms with Crippen LogP contribution in [0.5, 0.6) is 0 Å². The van der Waals surface area contributed by atoms with Crippen LogP contribution in [0.15, 0.2) is 34.1 Å². The second-order valence-electron chi connectivity index (χ2n) is 3.75. The minimum atomic E-state index is -0.0447. The minimum absolute atomic E-state index is 0.0447. The largest absolute Gasteiger partial charge is 0.307 e. The Bertz CT molecular complexity index is 550. The number of amides is 1. The first-order valence-electron chi connectivity index (χ1n) is 5.24. The van der Waals surface area contributed by atoms with Crippen LogP contribution in [-0.4, -0.2) is 16.0 Å². The normalized spacial score (nSPS) is 23.5. The van der Waals surface area contributed by atoms with E-state index < -0.39 is 0 Å². The average Bonchev–Trinajstić information content (AvgIpc) is 2.68. The number of benzene rings is 1. The van der Waals surface area contributed by atoms with Crippen molar-refractivity contribution in [3.63, 3.8) is 0 Å². The second-order valence-corrected chi connectivity index (χ2v) is 6.57. The van der Waals surface area contributed by atoms with Gasteiger partial charge >= 0.3 is 0 Å². The third-order valence-electron chi connectivity index (χ3n) is 2.71. The Hall–Kier alpha value is -0.780. The summed E-state index contributed by atoms with van der Waals surface area (Å²) in [5.41, 5.74) is 2.33. The number of nitrogens with one attached hydrogen (secondary N) is 1. The summed E-state index contributed by atoms with van der Waals surface area (Å²) in [6, 6.07) is 8.24. The van der Waals surface area contributed by atoms with Gasteiger partial charge in [0.05, 0.1) is 4.91 Å². The molecular weight excluding hydrogens is 270 g/mol. The van der Waals surface area contributed by atoms with Crippen LogP contribution in [0.25, 0.3) is 5.57 Å². The Kier molecular flexibility index (Phi) is 2.98. The Morgan fingerprint density at radius 3 is 2.88 bits per heavy atom. The van der Waals surface area contributed by atoms with Gasteiger partial charge in [-0.1, -0.05) is 42.2 Å². The van der Waals surface area contributed by atoms with E-state index >= 15 is 0 Å². The number of fused-ring (bicyclic) bond motifs is 1. The van der Waals surface area contributed by atoms with Crippen molar-refractivity contribution >= 4 is 51.5 Å². The lowest BCUT2D eigenvalue weighted by atomic mass is 10.0. The highest BCUT2D eigenvalue weighted by molar-refractivity contribution is 8.26. The molecular formula is C12H9NOS3. The van der Waals surface area contributed by atoms with E-state index in [0.29, 0.717) is 4.32 Å². The molecule has 17 heavy (non-hydrogen) atoms. The molecule has 1 aromatic carbocycles. The molecule has 0 aliphatic carbocycles. The maximum absolute atomic E-state index is 11.8. The van der Waals surface area contributed by atoms with E-state index in [9.17, 15) is 4.79 Å². The molecule has 0 radical (unpaired) electrons. The maximum Gasteiger partial charge on any atom is 0.263 e. The first kappa shape index (κ1) is 11.3. The van der Waals surface area contributed by atoms with E-state index in [1.165, 1.54) is 22.2 Å². The van der Waals surface area contributed by atoms with Gasteiger partial charge in [-0.05, 0) is 23.6 Å². The van der Waals surface area contributed by atoms with E-state index in [2.05, 4.69) is 17.4 Å². The third kappa shape index (κ3) is 2.03. The predicted octanol–water partition coefficient (Wildman–Crippen LogP) is 3.04. The summed E-state index contributed by atoms with van der Waals surface area (Å²) in [4.78, 5) is 13.8. The number of rotatable bonds is 0. The van der Waals surface area contributed by atoms with Crippen LogP contribution >= 0.6 is 35.7 Å². The molecule has 2 aliphatic heterocycles. The van der Waals surface area contributed by atoms with E-state index in [0.717, 1.165) is 22.7 Å². The van der Waals surface area contributed by atoms with Crippen molar-refractivity contribution in [2.45, 2.75) is 11.3 Å². The standard InChI is InChI=1S/C12H9NOS3/c14-11-10(17-12(15)13-11)8-5-6-16-9-4-2-1-3-7(8)9/h1-4H,5-6H2,(H,13,14,15)/b10-8-. The Morgan fingerprint density at radius 1 is 1.29 bits per heavy atom. The van der Waals surface area contributed by atoms with Gasteiger partial charge in [-0.25, -0.2) is 0 Å². The molecule has 1 N–H and O–H groups in total. The van der Waals surface area contributed by atoms with Gasteiger partial charge in [-0.3, -0.25) is 4.79 Å². The van der Waals surface area contributed by atoms with Crippen molar-refractivity contribution in [2.24, 2.45) is 0 Å². The van der Waals surface area contributed by atoms with Crippen molar-refractivity contribution in [1.29, 1.82) is 0 Å². The van der Waals surface area contributed by atoms with Crippen LogP contribution in [0.4, 0.5) is 0 Å². The summed E-state index contributed by atoms with van der Waals surface area (Å²) >= 11 is 8.26. The van der Waals surface area contributed by atoms with Crippen LogP contribution < -0.4 is 5.32 Å². The van der Waals surface area contributed by atoms with E-state index in [4.69, 9.17) is 12.2 Å². The molecule has 0 bridgehead atoms. The number of hydrogen-bond acceptors (Lipinski definition) is 4. The molecule has 0 saturated carbocycles. The average molecular weight is 279 g/mol. The summed E-state index contributed by atoms with van der Waals surface area (Å²) in [6.45, 7) is 0. The molecule has 3 rings (SSSR count). The Labute approximate surface area is 113 Å². The number of allylic oxidation sites excluding steroid dienone is 1. The molecule has 2 aliphatic rings. The lowest BCUT2D eigenvalue weighted by Crippen LogP contribution is -2.18. The second kappa shape index (κ2) is 4.48. The fourth-order valence-corrected chi connectivity index (χ4v) is 4.19. The summed E-state index contributed by atoms with van der Waals surface area (Å²) in [7, 11) is 0. The van der Waals surface area contributed by atoms with Crippen molar-refractivity contribution < 1.29 is 4.79 Å². The number of hydrogen-bond donors (Lipinski definition) is 1. The molecule has 0 atom stereocenters. The smallest absolute Gasteiger partial charge is 0.263 e. The highest BCUT2D eigenvalue weighted by Crippen LogP contribution is 2.42. The molecule has 1 fully saturated rings. The Balaban J connectivity index is 2.14. The Morgan fingerprint density at radius 2 is 2.12 bits per heavy atom. The SMILES string of the molecule is O=C1NC(=S)S/C1=C1/CCSc2ccccc21. The molecule has 86 valence electrons. The van der Waals surface area contributed by atoms with Crippen molar-refractivity contribution in [1.82, 2.24) is 5.32 Å². The van der Waals surface area contributed by atoms with Crippen LogP contribution in [0.2, 0.25) is 0 Å². The monoisotopic (exact) mass is 279 g/mol. The van der Waals surface area contributed by atoms with Crippen molar-refractivity contribution in [2.75, 3.05) is 5.75 Å². The van der Waals surface area contributed by atoms with Crippen LogP contribution in [0.3, 0.4) is 0 Å². The number of carbonyl (C=O) groups excluding carboxylic acids is 1. The van der Waals surface area contributed by atoms with Gasteiger partial charge in [-0.15, -0.1) is 11.8 Å². The molecule has 0 aromatic heterocycles. The van der Waals surface area contributed by atoms with Crippen molar-refractivity contribution in [3.8, 4) is 0 Å². The van der Waals surface area contributed by atoms with Gasteiger partial charge in [0, 0.05) is 10.6 Å². The molecule has 2 nitrogen and oxygen atoms in total.